The van der Waals surface area contributed by atoms with Crippen LogP contribution in [0.15, 0.2) is 6.07 Å². The van der Waals surface area contributed by atoms with E-state index in [1.165, 1.54) is 38.5 Å². The number of carbonyl (C=O) groups is 1. The Morgan fingerprint density at radius 1 is 1.14 bits per heavy atom. The monoisotopic (exact) mass is 393 g/mol. The van der Waals surface area contributed by atoms with Gasteiger partial charge in [-0.25, -0.2) is 0 Å². The van der Waals surface area contributed by atoms with E-state index in [2.05, 4.69) is 31.3 Å². The van der Waals surface area contributed by atoms with Crippen molar-refractivity contribution >= 4 is 5.91 Å². The van der Waals surface area contributed by atoms with Crippen LogP contribution in [0, 0.1) is 23.2 Å². The quantitative estimate of drug-likeness (QED) is 0.778. The minimum Gasteiger partial charge on any atom is -0.326 e. The molecule has 1 heterocycles. The van der Waals surface area contributed by atoms with Gasteiger partial charge in [0.2, 0.25) is 5.91 Å². The molecule has 4 heteroatoms. The fraction of sp³-hybridized carbons (Fsp3) is 0.680. The first-order valence-corrected chi connectivity index (χ1v) is 11.6. The molecule has 1 fully saturated rings. The number of hydrogen-bond acceptors (Lipinski definition) is 3. The van der Waals surface area contributed by atoms with Gasteiger partial charge in [0.25, 0.3) is 0 Å². The van der Waals surface area contributed by atoms with Gasteiger partial charge in [0.1, 0.15) is 6.04 Å². The lowest BCUT2D eigenvalue weighted by Crippen LogP contribution is -2.41. The normalized spacial score (nSPS) is 26.0. The maximum Gasteiger partial charge on any atom is 0.237 e. The lowest BCUT2D eigenvalue weighted by molar-refractivity contribution is -0.130. The summed E-state index contributed by atoms with van der Waals surface area (Å²) in [6.07, 6.45) is 10.3. The van der Waals surface area contributed by atoms with Crippen LogP contribution < -0.4 is 5.32 Å². The van der Waals surface area contributed by atoms with E-state index in [-0.39, 0.29) is 11.9 Å². The summed E-state index contributed by atoms with van der Waals surface area (Å²) in [5.41, 5.74) is 8.02. The highest BCUT2D eigenvalue weighted by Crippen LogP contribution is 2.36. The van der Waals surface area contributed by atoms with Crippen LogP contribution in [0.1, 0.15) is 67.3 Å². The Hall–Kier alpha value is -1.86. The number of rotatable bonds is 5. The molecule has 0 aromatic heterocycles. The molecule has 0 saturated carbocycles. The molecule has 0 bridgehead atoms. The van der Waals surface area contributed by atoms with Gasteiger partial charge in [-0.2, -0.15) is 5.26 Å². The van der Waals surface area contributed by atoms with Gasteiger partial charge in [-0.05, 0) is 104 Å². The van der Waals surface area contributed by atoms with Crippen LogP contribution in [0.25, 0.3) is 0 Å². The molecular weight excluding hydrogens is 358 g/mol. The van der Waals surface area contributed by atoms with Crippen molar-refractivity contribution in [3.05, 3.63) is 33.9 Å². The van der Waals surface area contributed by atoms with E-state index in [9.17, 15) is 10.1 Å². The minimum absolute atomic E-state index is 0.0776. The number of hydrogen-bond donors (Lipinski definition) is 1. The van der Waals surface area contributed by atoms with Crippen molar-refractivity contribution in [1.82, 2.24) is 10.2 Å². The van der Waals surface area contributed by atoms with Crippen LogP contribution in [0.4, 0.5) is 0 Å². The molecule has 4 rings (SSSR count). The summed E-state index contributed by atoms with van der Waals surface area (Å²) in [4.78, 5) is 14.2. The van der Waals surface area contributed by atoms with Gasteiger partial charge >= 0.3 is 0 Å². The molecule has 0 spiro atoms. The van der Waals surface area contributed by atoms with Gasteiger partial charge in [-0.15, -0.1) is 0 Å². The zero-order valence-corrected chi connectivity index (χ0v) is 18.1. The second-order valence-corrected chi connectivity index (χ2v) is 9.63. The summed E-state index contributed by atoms with van der Waals surface area (Å²) in [5, 5.41) is 12.6. The zero-order chi connectivity index (χ0) is 20.4. The number of nitrogens with zero attached hydrogens (tertiary/aromatic N) is 2. The Kier molecular flexibility index (Phi) is 6.25. The largest absolute Gasteiger partial charge is 0.326 e. The molecule has 1 saturated heterocycles. The van der Waals surface area contributed by atoms with Crippen LogP contribution in [0.5, 0.6) is 0 Å². The lowest BCUT2D eigenvalue weighted by atomic mass is 9.74. The Labute approximate surface area is 175 Å². The number of amides is 1. The molecule has 29 heavy (non-hydrogen) atoms. The van der Waals surface area contributed by atoms with E-state index >= 15 is 0 Å². The third-order valence-corrected chi connectivity index (χ3v) is 7.31. The molecule has 0 radical (unpaired) electrons. The van der Waals surface area contributed by atoms with Gasteiger partial charge in [0.05, 0.1) is 12.6 Å². The van der Waals surface area contributed by atoms with Crippen LogP contribution in [-0.2, 0) is 36.9 Å². The van der Waals surface area contributed by atoms with Crippen molar-refractivity contribution in [3.8, 4) is 6.07 Å². The van der Waals surface area contributed by atoms with Crippen molar-refractivity contribution < 1.29 is 4.79 Å². The molecule has 1 aliphatic heterocycles. The summed E-state index contributed by atoms with van der Waals surface area (Å²) < 4.78 is 0. The second-order valence-electron chi connectivity index (χ2n) is 9.63. The maximum atomic E-state index is 12.5. The molecule has 156 valence electrons. The zero-order valence-electron chi connectivity index (χ0n) is 18.1. The molecule has 2 aliphatic carbocycles. The van der Waals surface area contributed by atoms with E-state index < -0.39 is 0 Å². The van der Waals surface area contributed by atoms with Crippen molar-refractivity contribution in [2.45, 2.75) is 77.7 Å². The SMILES string of the molecule is CC1CCc2c(cc3c(c2CCNCC(=O)N2CCC[C@H]2C#N)CCC(C)C3)C1. The molecule has 2 unspecified atom stereocenters. The van der Waals surface area contributed by atoms with E-state index in [4.69, 9.17) is 0 Å². The smallest absolute Gasteiger partial charge is 0.237 e. The van der Waals surface area contributed by atoms with Gasteiger partial charge in [-0.3, -0.25) is 4.79 Å². The molecule has 4 nitrogen and oxygen atoms in total. The highest BCUT2D eigenvalue weighted by molar-refractivity contribution is 5.79. The maximum absolute atomic E-state index is 12.5. The number of carbonyl (C=O) groups excluding carboxylic acids is 1. The molecule has 3 aliphatic rings. The van der Waals surface area contributed by atoms with E-state index in [1.54, 1.807) is 32.7 Å². The van der Waals surface area contributed by atoms with E-state index in [0.29, 0.717) is 6.54 Å². The second kappa shape index (κ2) is 8.88. The van der Waals surface area contributed by atoms with Gasteiger partial charge < -0.3 is 10.2 Å². The molecule has 1 aromatic carbocycles. The summed E-state index contributed by atoms with van der Waals surface area (Å²) in [7, 11) is 0. The van der Waals surface area contributed by atoms with Crippen LogP contribution in [-0.4, -0.2) is 36.5 Å². The molecular formula is C25H35N3O. The Morgan fingerprint density at radius 3 is 2.41 bits per heavy atom. The average Bonchev–Trinajstić information content (AvgIpc) is 3.18. The highest BCUT2D eigenvalue weighted by atomic mass is 16.2. The topological polar surface area (TPSA) is 56.1 Å². The Balaban J connectivity index is 1.43. The van der Waals surface area contributed by atoms with Crippen molar-refractivity contribution in [2.24, 2.45) is 11.8 Å². The summed E-state index contributed by atoms with van der Waals surface area (Å²) in [5.74, 6) is 1.66. The minimum atomic E-state index is -0.221. The number of fused-ring (bicyclic) bond motifs is 2. The van der Waals surface area contributed by atoms with Gasteiger partial charge in [0.15, 0.2) is 0 Å². The molecule has 3 atom stereocenters. The first-order chi connectivity index (χ1) is 14.1. The molecule has 1 amide bonds. The first kappa shape index (κ1) is 20.4. The fourth-order valence-electron chi connectivity index (χ4n) is 5.69. The van der Waals surface area contributed by atoms with Gasteiger partial charge in [-0.1, -0.05) is 19.9 Å². The van der Waals surface area contributed by atoms with Crippen molar-refractivity contribution in [2.75, 3.05) is 19.6 Å². The van der Waals surface area contributed by atoms with Crippen LogP contribution >= 0.6 is 0 Å². The number of nitriles is 1. The molecule has 1 N–H and O–H groups in total. The van der Waals surface area contributed by atoms with E-state index in [0.717, 1.165) is 44.2 Å². The number of likely N-dealkylation sites (tertiary alicyclic amines) is 1. The molecule has 1 aromatic rings. The number of nitrogens with one attached hydrogen (secondary N) is 1. The van der Waals surface area contributed by atoms with E-state index in [1.807, 2.05) is 0 Å². The highest BCUT2D eigenvalue weighted by Gasteiger charge is 2.28. The van der Waals surface area contributed by atoms with Crippen LogP contribution in [0.2, 0.25) is 0 Å². The summed E-state index contributed by atoms with van der Waals surface area (Å²) in [6.45, 7) is 6.68. The van der Waals surface area contributed by atoms with Crippen molar-refractivity contribution in [1.29, 1.82) is 5.26 Å². The summed E-state index contributed by atoms with van der Waals surface area (Å²) >= 11 is 0. The number of benzene rings is 1. The summed E-state index contributed by atoms with van der Waals surface area (Å²) in [6, 6.07) is 4.58. The fourth-order valence-corrected chi connectivity index (χ4v) is 5.69. The van der Waals surface area contributed by atoms with Gasteiger partial charge in [0, 0.05) is 6.54 Å². The third-order valence-electron chi connectivity index (χ3n) is 7.31. The standard InChI is InChI=1S/C25H35N3O/c1-17-5-7-22-19(12-17)14-20-13-18(2)6-8-23(20)24(22)9-10-27-16-25(29)28-11-3-4-21(28)15-26/h14,17-18,21,27H,3-13,16H2,1-2H3/t17?,18?,21-/m0/s1. The predicted octanol–water partition coefficient (Wildman–Crippen LogP) is 3.58. The first-order valence-electron chi connectivity index (χ1n) is 11.6. The van der Waals surface area contributed by atoms with Crippen LogP contribution in [0.3, 0.4) is 0 Å². The van der Waals surface area contributed by atoms with Crippen molar-refractivity contribution in [3.63, 3.8) is 0 Å². The predicted molar refractivity (Wildman–Crippen MR) is 116 cm³/mol. The average molecular weight is 394 g/mol. The Bertz CT molecular complexity index is 771. The lowest BCUT2D eigenvalue weighted by Gasteiger charge is -2.31. The third kappa shape index (κ3) is 4.36. The Morgan fingerprint density at radius 2 is 1.79 bits per heavy atom.